The summed E-state index contributed by atoms with van der Waals surface area (Å²) in [6, 6.07) is 0. The number of benzene rings is 1. The summed E-state index contributed by atoms with van der Waals surface area (Å²) >= 11 is 5.62. The summed E-state index contributed by atoms with van der Waals surface area (Å²) in [6.07, 6.45) is -5.74. The summed E-state index contributed by atoms with van der Waals surface area (Å²) in [4.78, 5) is 21.6. The van der Waals surface area contributed by atoms with Gasteiger partial charge in [0.05, 0.1) is 10.8 Å². The van der Waals surface area contributed by atoms with Crippen molar-refractivity contribution in [3.05, 3.63) is 49.7 Å². The first-order valence-corrected chi connectivity index (χ1v) is 7.25. The molecule has 2 aromatic rings. The van der Waals surface area contributed by atoms with Crippen molar-refractivity contribution < 1.29 is 40.5 Å². The normalized spacial score (nSPS) is 11.6. The van der Waals surface area contributed by atoms with Gasteiger partial charge in [0.25, 0.3) is 0 Å². The summed E-state index contributed by atoms with van der Waals surface area (Å²) in [5.41, 5.74) is -4.71. The van der Waals surface area contributed by atoms with Gasteiger partial charge in [0.2, 0.25) is 5.91 Å². The van der Waals surface area contributed by atoms with Gasteiger partial charge < -0.3 is 15.4 Å². The fourth-order valence-corrected chi connectivity index (χ4v) is 2.29. The molecule has 0 atom stereocenters. The third-order valence-electron chi connectivity index (χ3n) is 3.39. The minimum atomic E-state index is -5.74. The van der Waals surface area contributed by atoms with Gasteiger partial charge in [0.15, 0.2) is 28.3 Å². The molecule has 1 heterocycles. The zero-order chi connectivity index (χ0) is 21.5. The maximum absolute atomic E-state index is 13.8. The molecule has 7 nitrogen and oxygen atoms in total. The molecule has 15 heteroatoms. The highest BCUT2D eigenvalue weighted by molar-refractivity contribution is 6.33. The second-order valence-corrected chi connectivity index (χ2v) is 5.57. The number of nitrogens with one attached hydrogen (secondary N) is 1. The average Bonchev–Trinajstić information content (AvgIpc) is 2.84. The van der Waals surface area contributed by atoms with Crippen LogP contribution in [0.3, 0.4) is 0 Å². The highest BCUT2D eigenvalue weighted by Crippen LogP contribution is 2.38. The van der Waals surface area contributed by atoms with Gasteiger partial charge in [-0.1, -0.05) is 11.6 Å². The maximum atomic E-state index is 13.8. The van der Waals surface area contributed by atoms with Crippen LogP contribution in [0, 0.1) is 40.3 Å². The van der Waals surface area contributed by atoms with E-state index in [0.29, 0.717) is 4.68 Å². The summed E-state index contributed by atoms with van der Waals surface area (Å²) in [5, 5.41) is 15.0. The van der Waals surface area contributed by atoms with Gasteiger partial charge in [0, 0.05) is 0 Å². The van der Waals surface area contributed by atoms with Crippen molar-refractivity contribution in [2.45, 2.75) is 19.6 Å². The van der Waals surface area contributed by atoms with E-state index in [1.807, 2.05) is 0 Å². The number of amides is 1. The third kappa shape index (κ3) is 3.72. The summed E-state index contributed by atoms with van der Waals surface area (Å²) < 4.78 is 92.8. The van der Waals surface area contributed by atoms with E-state index >= 15 is 0 Å². The molecule has 0 unspecified atom stereocenters. The van der Waals surface area contributed by atoms with Crippen LogP contribution >= 0.6 is 11.6 Å². The molecule has 0 aliphatic carbocycles. The molecule has 0 fully saturated rings. The fraction of sp³-hybridized carbons (Fsp3) is 0.231. The number of rotatable bonds is 4. The minimum absolute atomic E-state index is 0.103. The lowest BCUT2D eigenvalue weighted by molar-refractivity contribution is -0.389. The smallest absolute Gasteiger partial charge is 0.358 e. The number of halogens is 8. The van der Waals surface area contributed by atoms with Gasteiger partial charge in [-0.3, -0.25) is 4.79 Å². The molecule has 1 N–H and O–H groups in total. The first kappa shape index (κ1) is 21.4. The predicted molar refractivity (Wildman–Crippen MR) is 78.5 cm³/mol. The Balaban J connectivity index is 2.38. The van der Waals surface area contributed by atoms with E-state index < -0.39 is 68.9 Å². The van der Waals surface area contributed by atoms with E-state index in [9.17, 15) is 45.6 Å². The van der Waals surface area contributed by atoms with E-state index in [2.05, 4.69) is 5.10 Å². The number of hydrogen-bond donors (Lipinski definition) is 1. The van der Waals surface area contributed by atoms with Crippen LogP contribution < -0.4 is 5.32 Å². The Labute approximate surface area is 154 Å². The molecule has 1 amide bonds. The Morgan fingerprint density at radius 2 is 1.68 bits per heavy atom. The van der Waals surface area contributed by atoms with Crippen molar-refractivity contribution >= 4 is 29.0 Å². The molecule has 28 heavy (non-hydrogen) atoms. The quantitative estimate of drug-likeness (QED) is 0.341. The van der Waals surface area contributed by atoms with Crippen LogP contribution in [0.5, 0.6) is 0 Å². The molecule has 0 aliphatic heterocycles. The standard InChI is InChI=1S/C13H6ClF7N4O3/c1-3-6(14)12(25(27)28)23-24(3)2-4(26)22-11-9(17)7(15)5(13(19,20)21)8(16)10(11)18/h2H2,1H3,(H,22,26). The summed E-state index contributed by atoms with van der Waals surface area (Å²) in [6.45, 7) is 0.247. The van der Waals surface area contributed by atoms with Crippen LogP contribution in [-0.4, -0.2) is 20.6 Å². The lowest BCUT2D eigenvalue weighted by Crippen LogP contribution is -2.24. The summed E-state index contributed by atoms with van der Waals surface area (Å²) in [7, 11) is 0. The molecule has 152 valence electrons. The third-order valence-corrected chi connectivity index (χ3v) is 3.84. The molecule has 0 saturated heterocycles. The number of hydrogen-bond acceptors (Lipinski definition) is 4. The number of alkyl halides is 3. The van der Waals surface area contributed by atoms with Crippen molar-refractivity contribution in [2.75, 3.05) is 5.32 Å². The highest BCUT2D eigenvalue weighted by Gasteiger charge is 2.42. The molecular formula is C13H6ClF7N4O3. The van der Waals surface area contributed by atoms with Gasteiger partial charge in [-0.05, 0) is 11.8 Å². The number of aromatic nitrogens is 2. The molecule has 0 saturated carbocycles. The Morgan fingerprint density at radius 3 is 2.07 bits per heavy atom. The van der Waals surface area contributed by atoms with Crippen molar-refractivity contribution in [1.82, 2.24) is 9.78 Å². The Bertz CT molecular complexity index is 961. The van der Waals surface area contributed by atoms with Gasteiger partial charge >= 0.3 is 12.0 Å². The lowest BCUT2D eigenvalue weighted by Gasteiger charge is -2.14. The zero-order valence-electron chi connectivity index (χ0n) is 13.3. The Morgan fingerprint density at radius 1 is 1.18 bits per heavy atom. The van der Waals surface area contributed by atoms with Gasteiger partial charge in [-0.15, -0.1) is 0 Å². The molecule has 0 bridgehead atoms. The van der Waals surface area contributed by atoms with Crippen LogP contribution in [0.4, 0.5) is 42.2 Å². The molecule has 2 rings (SSSR count). The van der Waals surface area contributed by atoms with E-state index in [1.165, 1.54) is 12.2 Å². The van der Waals surface area contributed by atoms with Crippen molar-refractivity contribution in [3.63, 3.8) is 0 Å². The number of nitro groups is 1. The van der Waals surface area contributed by atoms with Crippen molar-refractivity contribution in [1.29, 1.82) is 0 Å². The molecule has 0 radical (unpaired) electrons. The van der Waals surface area contributed by atoms with Gasteiger partial charge in [-0.25, -0.2) is 17.6 Å². The highest BCUT2D eigenvalue weighted by atomic mass is 35.5. The van der Waals surface area contributed by atoms with Gasteiger partial charge in [-0.2, -0.15) is 17.9 Å². The molecular weight excluding hydrogens is 429 g/mol. The van der Waals surface area contributed by atoms with E-state index in [0.717, 1.165) is 0 Å². The van der Waals surface area contributed by atoms with Gasteiger partial charge in [0.1, 0.15) is 17.8 Å². The molecule has 1 aromatic carbocycles. The Kier molecular flexibility index (Phi) is 5.55. The summed E-state index contributed by atoms with van der Waals surface area (Å²) in [5.74, 6) is -12.7. The van der Waals surface area contributed by atoms with Crippen LogP contribution in [0.2, 0.25) is 5.02 Å². The first-order chi connectivity index (χ1) is 12.8. The number of carbonyl (C=O) groups excluding carboxylic acids is 1. The number of nitrogens with zero attached hydrogens (tertiary/aromatic N) is 3. The predicted octanol–water partition coefficient (Wildman–Crippen LogP) is 3.97. The fourth-order valence-electron chi connectivity index (χ4n) is 2.08. The van der Waals surface area contributed by atoms with E-state index in [-0.39, 0.29) is 5.69 Å². The van der Waals surface area contributed by atoms with Crippen molar-refractivity contribution in [3.8, 4) is 0 Å². The average molecular weight is 435 g/mol. The SMILES string of the molecule is Cc1c(Cl)c([N+](=O)[O-])nn1CC(=O)Nc1c(F)c(F)c(C(F)(F)F)c(F)c1F. The largest absolute Gasteiger partial charge is 0.422 e. The van der Waals surface area contributed by atoms with E-state index in [1.54, 1.807) is 0 Å². The van der Waals surface area contributed by atoms with E-state index in [4.69, 9.17) is 11.6 Å². The zero-order valence-corrected chi connectivity index (χ0v) is 14.1. The van der Waals surface area contributed by atoms with Crippen LogP contribution in [0.1, 0.15) is 11.3 Å². The van der Waals surface area contributed by atoms with Crippen molar-refractivity contribution in [2.24, 2.45) is 0 Å². The second-order valence-electron chi connectivity index (χ2n) is 5.19. The number of carbonyl (C=O) groups is 1. The number of anilines is 1. The lowest BCUT2D eigenvalue weighted by atomic mass is 10.1. The molecule has 1 aromatic heterocycles. The monoisotopic (exact) mass is 434 g/mol. The molecule has 0 aliphatic rings. The minimum Gasteiger partial charge on any atom is -0.358 e. The maximum Gasteiger partial charge on any atom is 0.422 e. The molecule has 0 spiro atoms. The first-order valence-electron chi connectivity index (χ1n) is 6.87. The Hall–Kier alpha value is -2.90. The second kappa shape index (κ2) is 7.26. The van der Waals surface area contributed by atoms with Crippen LogP contribution in [-0.2, 0) is 17.5 Å². The van der Waals surface area contributed by atoms with Crippen LogP contribution in [0.25, 0.3) is 0 Å². The van der Waals surface area contributed by atoms with Crippen LogP contribution in [0.15, 0.2) is 0 Å². The topological polar surface area (TPSA) is 90.1 Å².